The summed E-state index contributed by atoms with van der Waals surface area (Å²) in [6.45, 7) is 5.54. The van der Waals surface area contributed by atoms with Crippen LogP contribution in [0.3, 0.4) is 0 Å². The van der Waals surface area contributed by atoms with Crippen molar-refractivity contribution >= 4 is 23.5 Å². The fourth-order valence-electron chi connectivity index (χ4n) is 2.96. The molecule has 3 aromatic rings. The summed E-state index contributed by atoms with van der Waals surface area (Å²) in [6, 6.07) is 3.74. The first kappa shape index (κ1) is 19.8. The van der Waals surface area contributed by atoms with Gasteiger partial charge in [-0.3, -0.25) is 9.78 Å². The summed E-state index contributed by atoms with van der Waals surface area (Å²) in [5, 5.41) is 9.00. The highest BCUT2D eigenvalue weighted by Crippen LogP contribution is 2.25. The van der Waals surface area contributed by atoms with E-state index >= 15 is 0 Å². The van der Waals surface area contributed by atoms with E-state index in [0.717, 1.165) is 5.56 Å². The molecule has 1 N–H and O–H groups in total. The molecule has 0 aromatic carbocycles. The Balaban J connectivity index is 1.75. The number of ether oxygens (including phenoxy) is 1. The Kier molecular flexibility index (Phi) is 5.93. The minimum atomic E-state index is -0.454. The van der Waals surface area contributed by atoms with E-state index in [0.29, 0.717) is 33.5 Å². The van der Waals surface area contributed by atoms with Crippen LogP contribution in [0.5, 0.6) is 0 Å². The zero-order valence-corrected chi connectivity index (χ0v) is 17.0. The van der Waals surface area contributed by atoms with Crippen LogP contribution in [0.15, 0.2) is 29.7 Å². The highest BCUT2D eigenvalue weighted by atomic mass is 32.2. The van der Waals surface area contributed by atoms with Gasteiger partial charge in [-0.2, -0.15) is 0 Å². The number of ketones is 1. The summed E-state index contributed by atoms with van der Waals surface area (Å²) in [4.78, 5) is 31.9. The largest absolute Gasteiger partial charge is 0.461 e. The Bertz CT molecular complexity index is 1010. The molecule has 0 aliphatic rings. The van der Waals surface area contributed by atoms with Crippen LogP contribution in [0.25, 0.3) is 11.4 Å². The summed E-state index contributed by atoms with van der Waals surface area (Å²) in [5.74, 6) is 0.324. The molecule has 0 saturated carbocycles. The molecule has 8 nitrogen and oxygen atoms in total. The Morgan fingerprint density at radius 2 is 2.07 bits per heavy atom. The van der Waals surface area contributed by atoms with Gasteiger partial charge in [0.1, 0.15) is 5.69 Å². The molecule has 0 atom stereocenters. The number of carbonyl (C=O) groups is 2. The molecular weight excluding hydrogens is 378 g/mol. The lowest BCUT2D eigenvalue weighted by Crippen LogP contribution is -2.08. The minimum Gasteiger partial charge on any atom is -0.461 e. The molecule has 0 aliphatic heterocycles. The highest BCUT2D eigenvalue weighted by molar-refractivity contribution is 7.99. The zero-order valence-electron chi connectivity index (χ0n) is 16.1. The number of hydrogen-bond acceptors (Lipinski definition) is 7. The van der Waals surface area contributed by atoms with E-state index in [9.17, 15) is 9.59 Å². The Labute approximate surface area is 166 Å². The number of thioether (sulfide) groups is 1. The Morgan fingerprint density at radius 1 is 1.29 bits per heavy atom. The molecule has 9 heteroatoms. The average molecular weight is 399 g/mol. The van der Waals surface area contributed by atoms with E-state index in [2.05, 4.69) is 20.2 Å². The van der Waals surface area contributed by atoms with E-state index in [1.165, 1.54) is 11.8 Å². The van der Waals surface area contributed by atoms with E-state index in [1.807, 2.05) is 23.7 Å². The van der Waals surface area contributed by atoms with Gasteiger partial charge in [0, 0.05) is 36.3 Å². The molecule has 0 fully saturated rings. The quantitative estimate of drug-likeness (QED) is 0.370. The number of aromatic amines is 1. The lowest BCUT2D eigenvalue weighted by molar-refractivity contribution is 0.0519. The summed E-state index contributed by atoms with van der Waals surface area (Å²) in [6.07, 6.45) is 3.41. The number of rotatable bonds is 7. The number of H-pyrrole nitrogens is 1. The maximum absolute atomic E-state index is 12.8. The molecule has 3 heterocycles. The van der Waals surface area contributed by atoms with Crippen LogP contribution in [-0.4, -0.2) is 48.8 Å². The number of hydrogen-bond donors (Lipinski definition) is 1. The summed E-state index contributed by atoms with van der Waals surface area (Å²) in [7, 11) is 1.85. The number of carbonyl (C=O) groups excluding carboxylic acids is 2. The normalized spacial score (nSPS) is 10.9. The smallest absolute Gasteiger partial charge is 0.355 e. The van der Waals surface area contributed by atoms with Gasteiger partial charge < -0.3 is 14.3 Å². The van der Waals surface area contributed by atoms with E-state index in [-0.39, 0.29) is 18.1 Å². The van der Waals surface area contributed by atoms with Crippen molar-refractivity contribution in [2.75, 3.05) is 12.4 Å². The molecule has 3 aromatic heterocycles. The number of nitrogens with zero attached hydrogens (tertiary/aromatic N) is 4. The number of esters is 1. The van der Waals surface area contributed by atoms with Gasteiger partial charge in [-0.15, -0.1) is 10.2 Å². The Hall–Kier alpha value is -2.94. The van der Waals surface area contributed by atoms with Crippen molar-refractivity contribution in [1.29, 1.82) is 0 Å². The topological polar surface area (TPSA) is 103 Å². The van der Waals surface area contributed by atoms with Crippen LogP contribution in [0, 0.1) is 13.8 Å². The van der Waals surface area contributed by atoms with Gasteiger partial charge in [0.25, 0.3) is 0 Å². The summed E-state index contributed by atoms with van der Waals surface area (Å²) in [5.41, 5.74) is 2.96. The lowest BCUT2D eigenvalue weighted by Gasteiger charge is -2.04. The van der Waals surface area contributed by atoms with E-state index in [1.54, 1.807) is 33.2 Å². The van der Waals surface area contributed by atoms with E-state index < -0.39 is 5.97 Å². The molecule has 0 radical (unpaired) electrons. The summed E-state index contributed by atoms with van der Waals surface area (Å²) >= 11 is 1.30. The first-order valence-corrected chi connectivity index (χ1v) is 9.74. The molecule has 0 spiro atoms. The molecule has 0 unspecified atom stereocenters. The van der Waals surface area contributed by atoms with Crippen molar-refractivity contribution in [1.82, 2.24) is 24.7 Å². The van der Waals surface area contributed by atoms with Gasteiger partial charge in [0.05, 0.1) is 12.4 Å². The average Bonchev–Trinajstić information content (AvgIpc) is 3.20. The van der Waals surface area contributed by atoms with Gasteiger partial charge in [-0.05, 0) is 38.5 Å². The van der Waals surface area contributed by atoms with Crippen molar-refractivity contribution in [2.45, 2.75) is 25.9 Å². The second kappa shape index (κ2) is 8.39. The van der Waals surface area contributed by atoms with Crippen LogP contribution in [-0.2, 0) is 11.8 Å². The lowest BCUT2D eigenvalue weighted by atomic mass is 10.1. The molecule has 146 valence electrons. The maximum atomic E-state index is 12.8. The number of aromatic nitrogens is 5. The second-order valence-electron chi connectivity index (χ2n) is 6.16. The molecule has 0 aliphatic carbocycles. The third-order valence-electron chi connectivity index (χ3n) is 4.28. The van der Waals surface area contributed by atoms with Gasteiger partial charge >= 0.3 is 5.97 Å². The predicted molar refractivity (Wildman–Crippen MR) is 106 cm³/mol. The van der Waals surface area contributed by atoms with Crippen molar-refractivity contribution in [3.63, 3.8) is 0 Å². The van der Waals surface area contributed by atoms with Crippen LogP contribution >= 0.6 is 11.8 Å². The number of pyridine rings is 1. The SMILES string of the molecule is CCOC(=O)c1[nH]c(C)c(C(=O)CSc2nnc(-c3cccnc3)n2C)c1C. The first-order chi connectivity index (χ1) is 13.4. The molecule has 28 heavy (non-hydrogen) atoms. The standard InChI is InChI=1S/C19H21N5O3S/c1-5-27-18(26)16-11(2)15(12(3)21-16)14(25)10-28-19-23-22-17(24(19)4)13-7-6-8-20-9-13/h6-9,21H,5,10H2,1-4H3. The van der Waals surface area contributed by atoms with Crippen molar-refractivity contribution in [3.8, 4) is 11.4 Å². The molecule has 0 bridgehead atoms. The molecule has 3 rings (SSSR count). The van der Waals surface area contributed by atoms with Crippen LogP contribution < -0.4 is 0 Å². The fourth-order valence-corrected chi connectivity index (χ4v) is 3.75. The van der Waals surface area contributed by atoms with Crippen molar-refractivity contribution in [3.05, 3.63) is 47.0 Å². The molecule has 0 saturated heterocycles. The Morgan fingerprint density at radius 3 is 2.75 bits per heavy atom. The van der Waals surface area contributed by atoms with Gasteiger partial charge in [0.15, 0.2) is 16.8 Å². The third kappa shape index (κ3) is 3.84. The monoisotopic (exact) mass is 399 g/mol. The molecular formula is C19H21N5O3S. The van der Waals surface area contributed by atoms with Crippen molar-refractivity contribution in [2.24, 2.45) is 7.05 Å². The van der Waals surface area contributed by atoms with Gasteiger partial charge in [-0.1, -0.05) is 11.8 Å². The zero-order chi connectivity index (χ0) is 20.3. The number of aryl methyl sites for hydroxylation is 1. The predicted octanol–water partition coefficient (Wildman–Crippen LogP) is 2.97. The second-order valence-corrected chi connectivity index (χ2v) is 7.11. The first-order valence-electron chi connectivity index (χ1n) is 8.76. The third-order valence-corrected chi connectivity index (χ3v) is 5.30. The van der Waals surface area contributed by atoms with E-state index in [4.69, 9.17) is 4.74 Å². The number of Topliss-reactive ketones (excluding diaryl/α,β-unsaturated/α-hetero) is 1. The fraction of sp³-hybridized carbons (Fsp3) is 0.316. The van der Waals surface area contributed by atoms with Crippen molar-refractivity contribution < 1.29 is 14.3 Å². The van der Waals surface area contributed by atoms with Crippen LogP contribution in [0.4, 0.5) is 0 Å². The highest BCUT2D eigenvalue weighted by Gasteiger charge is 2.23. The van der Waals surface area contributed by atoms with Crippen LogP contribution in [0.1, 0.15) is 39.0 Å². The number of nitrogens with one attached hydrogen (secondary N) is 1. The maximum Gasteiger partial charge on any atom is 0.355 e. The summed E-state index contributed by atoms with van der Waals surface area (Å²) < 4.78 is 6.86. The molecule has 0 amide bonds. The van der Waals surface area contributed by atoms with Gasteiger partial charge in [0.2, 0.25) is 0 Å². The minimum absolute atomic E-state index is 0.0854. The van der Waals surface area contributed by atoms with Gasteiger partial charge in [-0.25, -0.2) is 4.79 Å². The van der Waals surface area contributed by atoms with Crippen LogP contribution in [0.2, 0.25) is 0 Å².